The maximum Gasteiger partial charge on any atom is 0.0784 e. The molecule has 1 aromatic rings. The minimum absolute atomic E-state index is 0.189. The molecule has 0 aromatic carbocycles. The van der Waals surface area contributed by atoms with Gasteiger partial charge in [0.25, 0.3) is 0 Å². The normalized spacial score (nSPS) is 21.1. The summed E-state index contributed by atoms with van der Waals surface area (Å²) in [6.45, 7) is 8.50. The smallest absolute Gasteiger partial charge is 0.0784 e. The Morgan fingerprint density at radius 2 is 2.06 bits per heavy atom. The number of halogens is 1. The molecule has 0 radical (unpaired) electrons. The molecule has 0 bridgehead atoms. The van der Waals surface area contributed by atoms with Crippen LogP contribution in [-0.4, -0.2) is 16.8 Å². The van der Waals surface area contributed by atoms with E-state index in [9.17, 15) is 0 Å². The molecule has 1 aliphatic heterocycles. The predicted molar refractivity (Wildman–Crippen MR) is 70.5 cm³/mol. The van der Waals surface area contributed by atoms with Gasteiger partial charge in [-0.25, -0.2) is 0 Å². The lowest BCUT2D eigenvalue weighted by Gasteiger charge is -2.21. The van der Waals surface area contributed by atoms with Crippen molar-refractivity contribution in [2.24, 2.45) is 0 Å². The zero-order valence-corrected chi connectivity index (χ0v) is 11.8. The first kappa shape index (κ1) is 11.9. The molecule has 2 nitrogen and oxygen atoms in total. The average Bonchev–Trinajstić information content (AvgIpc) is 2.64. The molecule has 1 unspecified atom stereocenters. The van der Waals surface area contributed by atoms with Gasteiger partial charge in [0, 0.05) is 16.4 Å². The topological polar surface area (TPSA) is 14.2 Å². The second kappa shape index (κ2) is 4.38. The first-order valence-corrected chi connectivity index (χ1v) is 6.52. The van der Waals surface area contributed by atoms with Crippen LogP contribution in [0.2, 0.25) is 0 Å². The summed E-state index contributed by atoms with van der Waals surface area (Å²) in [5.41, 5.74) is 2.62. The van der Waals surface area contributed by atoms with Gasteiger partial charge in [-0.05, 0) is 61.3 Å². The highest BCUT2D eigenvalue weighted by atomic mass is 79.9. The second-order valence-corrected chi connectivity index (χ2v) is 5.55. The van der Waals surface area contributed by atoms with Crippen LogP contribution in [0, 0.1) is 0 Å². The van der Waals surface area contributed by atoms with Gasteiger partial charge in [0.15, 0.2) is 0 Å². The fraction of sp³-hybridized carbons (Fsp3) is 0.538. The van der Waals surface area contributed by atoms with Gasteiger partial charge in [-0.15, -0.1) is 0 Å². The first-order valence-electron chi connectivity index (χ1n) is 5.73. The average molecular weight is 284 g/mol. The minimum atomic E-state index is 0.189. The molecule has 1 aromatic heterocycles. The van der Waals surface area contributed by atoms with E-state index in [0.29, 0.717) is 6.04 Å². The summed E-state index contributed by atoms with van der Waals surface area (Å²) in [4.78, 5) is 0. The summed E-state index contributed by atoms with van der Waals surface area (Å²) < 4.78 is 9.26. The number of hydrogen-bond acceptors (Lipinski definition) is 1. The molecule has 88 valence electrons. The fourth-order valence-corrected chi connectivity index (χ4v) is 2.76. The Kier molecular flexibility index (Phi) is 3.27. The molecule has 0 fully saturated rings. The van der Waals surface area contributed by atoms with E-state index >= 15 is 0 Å². The Balaban J connectivity index is 2.20. The van der Waals surface area contributed by atoms with Crippen molar-refractivity contribution >= 4 is 22.0 Å². The third kappa shape index (κ3) is 2.11. The lowest BCUT2D eigenvalue weighted by Crippen LogP contribution is -2.19. The minimum Gasteiger partial charge on any atom is -0.371 e. The van der Waals surface area contributed by atoms with Crippen LogP contribution in [0.3, 0.4) is 0 Å². The molecular formula is C13H18BrNO. The number of nitrogens with zero attached hydrogens (tertiary/aromatic N) is 1. The molecule has 0 saturated carbocycles. The lowest BCUT2D eigenvalue weighted by atomic mass is 10.1. The van der Waals surface area contributed by atoms with Crippen LogP contribution in [-0.2, 0) is 4.74 Å². The fourth-order valence-electron chi connectivity index (χ4n) is 2.31. The Morgan fingerprint density at radius 1 is 1.38 bits per heavy atom. The lowest BCUT2D eigenvalue weighted by molar-refractivity contribution is 0.0364. The van der Waals surface area contributed by atoms with Gasteiger partial charge in [0.1, 0.15) is 0 Å². The summed E-state index contributed by atoms with van der Waals surface area (Å²) in [6, 6.07) is 2.54. The van der Waals surface area contributed by atoms with Crippen molar-refractivity contribution in [1.29, 1.82) is 0 Å². The zero-order valence-electron chi connectivity index (χ0n) is 10.2. The number of ether oxygens (including phenoxy) is 1. The first-order chi connectivity index (χ1) is 7.49. The Bertz CT molecular complexity index is 420. The molecular weight excluding hydrogens is 266 g/mol. The molecule has 1 aliphatic rings. The quantitative estimate of drug-likeness (QED) is 0.817. The van der Waals surface area contributed by atoms with E-state index in [1.807, 2.05) is 0 Å². The van der Waals surface area contributed by atoms with E-state index in [1.54, 1.807) is 0 Å². The second-order valence-electron chi connectivity index (χ2n) is 4.64. The Labute approximate surface area is 105 Å². The van der Waals surface area contributed by atoms with Crippen molar-refractivity contribution in [2.45, 2.75) is 45.9 Å². The number of rotatable bonds is 3. The van der Waals surface area contributed by atoms with Crippen molar-refractivity contribution in [3.05, 3.63) is 28.0 Å². The molecule has 3 heteroatoms. The van der Waals surface area contributed by atoms with Gasteiger partial charge in [0.05, 0.1) is 18.2 Å². The molecule has 0 amide bonds. The molecule has 0 aliphatic carbocycles. The predicted octanol–water partition coefficient (Wildman–Crippen LogP) is 4.02. The van der Waals surface area contributed by atoms with E-state index in [-0.39, 0.29) is 12.2 Å². The van der Waals surface area contributed by atoms with Crippen LogP contribution in [0.5, 0.6) is 0 Å². The van der Waals surface area contributed by atoms with Crippen LogP contribution in [0.1, 0.15) is 39.4 Å². The maximum atomic E-state index is 5.84. The van der Waals surface area contributed by atoms with Crippen LogP contribution < -0.4 is 0 Å². The van der Waals surface area contributed by atoms with Gasteiger partial charge >= 0.3 is 0 Å². The molecule has 2 atom stereocenters. The molecule has 2 heterocycles. The summed E-state index contributed by atoms with van der Waals surface area (Å²) in [5.74, 6) is 0. The molecule has 2 rings (SSSR count). The molecule has 0 saturated heterocycles. The molecule has 16 heavy (non-hydrogen) atoms. The summed E-state index contributed by atoms with van der Waals surface area (Å²) >= 11 is 3.50. The highest BCUT2D eigenvalue weighted by Gasteiger charge is 2.25. The van der Waals surface area contributed by atoms with Crippen molar-refractivity contribution in [3.63, 3.8) is 0 Å². The van der Waals surface area contributed by atoms with Gasteiger partial charge in [-0.1, -0.05) is 0 Å². The van der Waals surface area contributed by atoms with E-state index in [2.05, 4.69) is 66.5 Å². The zero-order chi connectivity index (χ0) is 11.9. The van der Waals surface area contributed by atoms with Crippen LogP contribution in [0.4, 0.5) is 0 Å². The number of fused-ring (bicyclic) bond motifs is 1. The maximum absolute atomic E-state index is 5.84. The molecule has 0 spiro atoms. The van der Waals surface area contributed by atoms with E-state index in [0.717, 1.165) is 4.47 Å². The van der Waals surface area contributed by atoms with Crippen LogP contribution >= 0.6 is 15.9 Å². The van der Waals surface area contributed by atoms with Gasteiger partial charge < -0.3 is 9.30 Å². The van der Waals surface area contributed by atoms with Crippen LogP contribution in [0.15, 0.2) is 22.3 Å². The third-order valence-corrected chi connectivity index (χ3v) is 3.44. The van der Waals surface area contributed by atoms with Gasteiger partial charge in [0.2, 0.25) is 0 Å². The van der Waals surface area contributed by atoms with E-state index < -0.39 is 0 Å². The third-order valence-electron chi connectivity index (χ3n) is 3.01. The van der Waals surface area contributed by atoms with Crippen LogP contribution in [0.25, 0.3) is 6.08 Å². The Morgan fingerprint density at radius 3 is 2.62 bits per heavy atom. The van der Waals surface area contributed by atoms with Crippen molar-refractivity contribution in [1.82, 2.24) is 4.57 Å². The molecule has 0 N–H and O–H groups in total. The number of aromatic nitrogens is 1. The summed E-state index contributed by atoms with van der Waals surface area (Å²) in [5, 5.41) is 0. The highest BCUT2D eigenvalue weighted by molar-refractivity contribution is 9.10. The summed E-state index contributed by atoms with van der Waals surface area (Å²) in [6.07, 6.45) is 4.83. The van der Waals surface area contributed by atoms with Gasteiger partial charge in [-0.2, -0.15) is 0 Å². The highest BCUT2D eigenvalue weighted by Crippen LogP contribution is 2.35. The Hall–Kier alpha value is -0.540. The number of hydrogen-bond donors (Lipinski definition) is 0. The van der Waals surface area contributed by atoms with Crippen molar-refractivity contribution < 1.29 is 4.74 Å². The van der Waals surface area contributed by atoms with Crippen molar-refractivity contribution in [3.8, 4) is 0 Å². The summed E-state index contributed by atoms with van der Waals surface area (Å²) in [7, 11) is 0. The standard InChI is InChI=1S/C13H18BrNO/c1-8(2)16-10(4)13-6-12-5-11(14)7-15(12)9(13)3/h5-10H,1-4H3/t9?,10-/m0/s1. The SMILES string of the molecule is CC(C)O[C@@H](C)C1=Cc2cc(Br)cn2C1C. The monoisotopic (exact) mass is 283 g/mol. The van der Waals surface area contributed by atoms with Gasteiger partial charge in [-0.3, -0.25) is 0 Å². The largest absolute Gasteiger partial charge is 0.371 e. The van der Waals surface area contributed by atoms with E-state index in [4.69, 9.17) is 4.74 Å². The van der Waals surface area contributed by atoms with Crippen molar-refractivity contribution in [2.75, 3.05) is 0 Å². The van der Waals surface area contributed by atoms with E-state index in [1.165, 1.54) is 11.3 Å².